The van der Waals surface area contributed by atoms with Crippen molar-refractivity contribution in [1.29, 1.82) is 0 Å². The highest BCUT2D eigenvalue weighted by molar-refractivity contribution is 5.79. The third kappa shape index (κ3) is 4.48. The van der Waals surface area contributed by atoms with Gasteiger partial charge in [0.2, 0.25) is 5.91 Å². The average molecular weight is 229 g/mol. The van der Waals surface area contributed by atoms with E-state index in [1.807, 2.05) is 0 Å². The minimum absolute atomic E-state index is 0.0177. The van der Waals surface area contributed by atoms with Gasteiger partial charge in [0.25, 0.3) is 0 Å². The molecule has 0 aromatic carbocycles. The van der Waals surface area contributed by atoms with E-state index in [2.05, 4.69) is 10.5 Å². The predicted octanol–water partition coefficient (Wildman–Crippen LogP) is 0.0558. The molecule has 1 amide bonds. The Kier molecular flexibility index (Phi) is 5.63. The number of oxime groups is 1. The van der Waals surface area contributed by atoms with E-state index in [9.17, 15) is 4.79 Å². The summed E-state index contributed by atoms with van der Waals surface area (Å²) in [7, 11) is 0. The maximum Gasteiger partial charge on any atom is 0.225 e. The number of nitrogens with two attached hydrogens (primary N) is 1. The largest absolute Gasteiger partial charge is 0.409 e. The van der Waals surface area contributed by atoms with Crippen molar-refractivity contribution in [2.24, 2.45) is 16.8 Å². The number of amides is 1. The fourth-order valence-corrected chi connectivity index (χ4v) is 1.58. The zero-order valence-electron chi connectivity index (χ0n) is 9.32. The molecule has 1 atom stereocenters. The topological polar surface area (TPSA) is 96.9 Å². The first-order valence-corrected chi connectivity index (χ1v) is 5.56. The molecule has 0 aromatic rings. The minimum Gasteiger partial charge on any atom is -0.409 e. The van der Waals surface area contributed by atoms with Gasteiger partial charge in [0.15, 0.2) is 0 Å². The molecule has 1 rings (SSSR count). The van der Waals surface area contributed by atoms with Gasteiger partial charge in [-0.2, -0.15) is 0 Å². The lowest BCUT2D eigenvalue weighted by Gasteiger charge is -2.08. The number of hydrogen-bond acceptors (Lipinski definition) is 4. The fourth-order valence-electron chi connectivity index (χ4n) is 1.58. The first-order valence-electron chi connectivity index (χ1n) is 5.56. The summed E-state index contributed by atoms with van der Waals surface area (Å²) in [6.07, 6.45) is 3.00. The van der Waals surface area contributed by atoms with Gasteiger partial charge in [-0.25, -0.2) is 0 Å². The van der Waals surface area contributed by atoms with Crippen LogP contribution < -0.4 is 11.1 Å². The number of carbonyl (C=O) groups excluding carboxylic acids is 1. The molecular weight excluding hydrogens is 210 g/mol. The second-order valence-electron chi connectivity index (χ2n) is 3.90. The molecule has 1 aliphatic rings. The van der Waals surface area contributed by atoms with Gasteiger partial charge in [0, 0.05) is 19.6 Å². The van der Waals surface area contributed by atoms with E-state index >= 15 is 0 Å². The second-order valence-corrected chi connectivity index (χ2v) is 3.90. The number of nitrogens with one attached hydrogen (secondary N) is 1. The molecule has 0 bridgehead atoms. The summed E-state index contributed by atoms with van der Waals surface area (Å²) >= 11 is 0. The van der Waals surface area contributed by atoms with Gasteiger partial charge in [-0.3, -0.25) is 4.79 Å². The maximum atomic E-state index is 11.5. The Balaban J connectivity index is 2.00. The van der Waals surface area contributed by atoms with Gasteiger partial charge in [0.05, 0.1) is 12.5 Å². The zero-order valence-corrected chi connectivity index (χ0v) is 9.32. The smallest absolute Gasteiger partial charge is 0.225 e. The van der Waals surface area contributed by atoms with Gasteiger partial charge in [-0.1, -0.05) is 5.16 Å². The summed E-state index contributed by atoms with van der Waals surface area (Å²) in [5.74, 6) is 0.320. The molecule has 0 aromatic heterocycles. The van der Waals surface area contributed by atoms with Crippen LogP contribution in [0.4, 0.5) is 0 Å². The highest BCUT2D eigenvalue weighted by atomic mass is 16.5. The first-order chi connectivity index (χ1) is 7.74. The number of rotatable bonds is 6. The lowest BCUT2D eigenvalue weighted by molar-refractivity contribution is -0.124. The quantitative estimate of drug-likeness (QED) is 0.197. The molecule has 1 unspecified atom stereocenters. The van der Waals surface area contributed by atoms with Crippen molar-refractivity contribution in [3.8, 4) is 0 Å². The monoisotopic (exact) mass is 229 g/mol. The van der Waals surface area contributed by atoms with Crippen molar-refractivity contribution < 1.29 is 14.7 Å². The molecule has 6 nitrogen and oxygen atoms in total. The molecule has 1 fully saturated rings. The van der Waals surface area contributed by atoms with E-state index < -0.39 is 0 Å². The summed E-state index contributed by atoms with van der Waals surface area (Å²) in [6.45, 7) is 1.85. The third-order valence-corrected chi connectivity index (χ3v) is 2.59. The van der Waals surface area contributed by atoms with E-state index in [-0.39, 0.29) is 17.7 Å². The van der Waals surface area contributed by atoms with Gasteiger partial charge < -0.3 is 21.0 Å². The van der Waals surface area contributed by atoms with Crippen molar-refractivity contribution >= 4 is 11.7 Å². The molecule has 0 radical (unpaired) electrons. The van der Waals surface area contributed by atoms with Gasteiger partial charge >= 0.3 is 0 Å². The Morgan fingerprint density at radius 2 is 2.38 bits per heavy atom. The van der Waals surface area contributed by atoms with Crippen LogP contribution >= 0.6 is 0 Å². The highest BCUT2D eigenvalue weighted by Crippen LogP contribution is 2.11. The molecule has 0 spiro atoms. The Bertz CT molecular complexity index is 250. The SMILES string of the molecule is NC(CCCCNC(=O)C1CCOC1)=NO. The third-order valence-electron chi connectivity index (χ3n) is 2.59. The van der Waals surface area contributed by atoms with Crippen molar-refractivity contribution in [2.75, 3.05) is 19.8 Å². The lowest BCUT2D eigenvalue weighted by atomic mass is 10.1. The number of ether oxygens (including phenoxy) is 1. The number of nitrogens with zero attached hydrogens (tertiary/aromatic N) is 1. The van der Waals surface area contributed by atoms with Crippen LogP contribution in [0.15, 0.2) is 5.16 Å². The van der Waals surface area contributed by atoms with Crippen LogP contribution in [-0.4, -0.2) is 36.7 Å². The summed E-state index contributed by atoms with van der Waals surface area (Å²) in [5.41, 5.74) is 5.31. The molecule has 4 N–H and O–H groups in total. The van der Waals surface area contributed by atoms with Crippen LogP contribution in [0.5, 0.6) is 0 Å². The summed E-state index contributed by atoms with van der Waals surface area (Å²) < 4.78 is 5.13. The van der Waals surface area contributed by atoms with Crippen LogP contribution in [0.25, 0.3) is 0 Å². The molecule has 0 saturated carbocycles. The second kappa shape index (κ2) is 7.05. The molecule has 16 heavy (non-hydrogen) atoms. The summed E-state index contributed by atoms with van der Waals surface area (Å²) in [4.78, 5) is 11.5. The van der Waals surface area contributed by atoms with Crippen LogP contribution in [0.1, 0.15) is 25.7 Å². The molecule has 92 valence electrons. The molecule has 0 aliphatic carbocycles. The van der Waals surface area contributed by atoms with Crippen LogP contribution in [0.3, 0.4) is 0 Å². The van der Waals surface area contributed by atoms with Gasteiger partial charge in [-0.15, -0.1) is 0 Å². The van der Waals surface area contributed by atoms with Gasteiger partial charge in [0.1, 0.15) is 5.84 Å². The molecule has 6 heteroatoms. The Labute approximate surface area is 94.8 Å². The van der Waals surface area contributed by atoms with E-state index in [1.165, 1.54) is 0 Å². The van der Waals surface area contributed by atoms with E-state index in [4.69, 9.17) is 15.7 Å². The van der Waals surface area contributed by atoms with Crippen molar-refractivity contribution in [3.05, 3.63) is 0 Å². The van der Waals surface area contributed by atoms with Crippen molar-refractivity contribution in [2.45, 2.75) is 25.7 Å². The number of unbranched alkanes of at least 4 members (excludes halogenated alkanes) is 1. The lowest BCUT2D eigenvalue weighted by Crippen LogP contribution is -2.31. The highest BCUT2D eigenvalue weighted by Gasteiger charge is 2.22. The number of amidine groups is 1. The molecule has 1 aliphatic heterocycles. The Morgan fingerprint density at radius 3 is 3.00 bits per heavy atom. The average Bonchev–Trinajstić information content (AvgIpc) is 2.81. The van der Waals surface area contributed by atoms with Crippen molar-refractivity contribution in [3.63, 3.8) is 0 Å². The van der Waals surface area contributed by atoms with Crippen molar-refractivity contribution in [1.82, 2.24) is 5.32 Å². The van der Waals surface area contributed by atoms with E-state index in [0.29, 0.717) is 26.2 Å². The van der Waals surface area contributed by atoms with E-state index in [0.717, 1.165) is 19.3 Å². The minimum atomic E-state index is 0.0177. The predicted molar refractivity (Wildman–Crippen MR) is 59.2 cm³/mol. The molecular formula is C10H19N3O3. The van der Waals surface area contributed by atoms with Crippen LogP contribution in [0, 0.1) is 5.92 Å². The molecule has 1 saturated heterocycles. The van der Waals surface area contributed by atoms with E-state index in [1.54, 1.807) is 0 Å². The molecule has 1 heterocycles. The Hall–Kier alpha value is -1.30. The first kappa shape index (κ1) is 12.8. The normalized spacial score (nSPS) is 21.0. The Morgan fingerprint density at radius 1 is 1.56 bits per heavy atom. The summed E-state index contributed by atoms with van der Waals surface area (Å²) in [6, 6.07) is 0. The fraction of sp³-hybridized carbons (Fsp3) is 0.800. The number of carbonyl (C=O) groups is 1. The van der Waals surface area contributed by atoms with Crippen LogP contribution in [0.2, 0.25) is 0 Å². The van der Waals surface area contributed by atoms with Crippen LogP contribution in [-0.2, 0) is 9.53 Å². The maximum absolute atomic E-state index is 11.5. The summed E-state index contributed by atoms with van der Waals surface area (Å²) in [5, 5.41) is 14.0. The van der Waals surface area contributed by atoms with Gasteiger partial charge in [-0.05, 0) is 19.3 Å². The standard InChI is InChI=1S/C10H19N3O3/c11-9(13-15)3-1-2-5-12-10(14)8-4-6-16-7-8/h8,15H,1-7H2,(H2,11,13)(H,12,14). The zero-order chi connectivity index (χ0) is 11.8. The number of hydrogen-bond donors (Lipinski definition) is 3.